The number of aromatic nitrogens is 2. The van der Waals surface area contributed by atoms with Crippen LogP contribution in [0.5, 0.6) is 0 Å². The average molecular weight is 331 g/mol. The summed E-state index contributed by atoms with van der Waals surface area (Å²) in [4.78, 5) is 29.6. The molecule has 1 aromatic rings. The third-order valence-corrected chi connectivity index (χ3v) is 4.86. The molecule has 0 bridgehead atoms. The molecule has 0 aliphatic carbocycles. The summed E-state index contributed by atoms with van der Waals surface area (Å²) < 4.78 is 0. The summed E-state index contributed by atoms with van der Waals surface area (Å²) >= 11 is 0. The van der Waals surface area contributed by atoms with Gasteiger partial charge in [-0.3, -0.25) is 9.59 Å². The number of piperazine rings is 1. The fourth-order valence-electron chi connectivity index (χ4n) is 3.39. The lowest BCUT2D eigenvalue weighted by Gasteiger charge is -2.34. The van der Waals surface area contributed by atoms with Gasteiger partial charge in [-0.2, -0.15) is 0 Å². The minimum absolute atomic E-state index is 0.0574. The Morgan fingerprint density at radius 3 is 2.33 bits per heavy atom. The van der Waals surface area contributed by atoms with Crippen molar-refractivity contribution in [1.29, 1.82) is 0 Å². The summed E-state index contributed by atoms with van der Waals surface area (Å²) in [6, 6.07) is 3.66. The Balaban J connectivity index is 1.61. The van der Waals surface area contributed by atoms with Crippen molar-refractivity contribution in [3.05, 3.63) is 17.8 Å². The molecule has 3 heterocycles. The summed E-state index contributed by atoms with van der Waals surface area (Å²) in [6.07, 6.45) is 2.43. The van der Waals surface area contributed by atoms with Crippen molar-refractivity contribution < 1.29 is 9.59 Å². The third-order valence-electron chi connectivity index (χ3n) is 4.86. The van der Waals surface area contributed by atoms with Gasteiger partial charge in [0.25, 0.3) is 5.91 Å². The molecular weight excluding hydrogens is 306 g/mol. The fourth-order valence-corrected chi connectivity index (χ4v) is 3.39. The zero-order valence-electron chi connectivity index (χ0n) is 14.4. The van der Waals surface area contributed by atoms with Crippen molar-refractivity contribution >= 4 is 17.6 Å². The first-order valence-corrected chi connectivity index (χ1v) is 8.68. The average Bonchev–Trinajstić information content (AvgIpc) is 2.61. The van der Waals surface area contributed by atoms with Crippen LogP contribution in [-0.4, -0.2) is 71.1 Å². The van der Waals surface area contributed by atoms with Crippen LogP contribution in [0.2, 0.25) is 0 Å². The van der Waals surface area contributed by atoms with Crippen LogP contribution in [0.3, 0.4) is 0 Å². The lowest BCUT2D eigenvalue weighted by atomic mass is 10.0. The third kappa shape index (κ3) is 3.66. The van der Waals surface area contributed by atoms with Gasteiger partial charge < -0.3 is 14.7 Å². The lowest BCUT2D eigenvalue weighted by Crippen LogP contribution is -2.50. The topological polar surface area (TPSA) is 69.6 Å². The molecule has 1 unspecified atom stereocenters. The number of hydrogen-bond acceptors (Lipinski definition) is 5. The highest BCUT2D eigenvalue weighted by molar-refractivity contribution is 5.92. The van der Waals surface area contributed by atoms with Crippen molar-refractivity contribution in [3.63, 3.8) is 0 Å². The van der Waals surface area contributed by atoms with E-state index in [2.05, 4.69) is 22.0 Å². The van der Waals surface area contributed by atoms with Crippen LogP contribution in [0, 0.1) is 5.92 Å². The second-order valence-corrected chi connectivity index (χ2v) is 6.77. The largest absolute Gasteiger partial charge is 0.355 e. The normalized spacial score (nSPS) is 21.8. The number of carbonyl (C=O) groups is 2. The van der Waals surface area contributed by atoms with Crippen LogP contribution in [0.15, 0.2) is 12.1 Å². The Hall–Kier alpha value is -2.18. The number of hydrogen-bond donors (Lipinski definition) is 0. The summed E-state index contributed by atoms with van der Waals surface area (Å²) in [7, 11) is 0. The second kappa shape index (κ2) is 7.15. The molecule has 3 rings (SSSR count). The zero-order chi connectivity index (χ0) is 17.1. The Labute approximate surface area is 142 Å². The van der Waals surface area contributed by atoms with E-state index in [1.165, 1.54) is 12.8 Å². The fraction of sp³-hybridized carbons (Fsp3) is 0.647. The van der Waals surface area contributed by atoms with Crippen molar-refractivity contribution in [3.8, 4) is 0 Å². The molecule has 0 N–H and O–H groups in total. The quantitative estimate of drug-likeness (QED) is 0.809. The molecule has 2 aliphatic heterocycles. The van der Waals surface area contributed by atoms with E-state index in [1.54, 1.807) is 22.8 Å². The maximum absolute atomic E-state index is 12.5. The van der Waals surface area contributed by atoms with Gasteiger partial charge in [-0.1, -0.05) is 6.92 Å². The van der Waals surface area contributed by atoms with Gasteiger partial charge in [-0.15, -0.1) is 10.2 Å². The molecule has 7 heteroatoms. The van der Waals surface area contributed by atoms with E-state index in [4.69, 9.17) is 0 Å². The molecule has 130 valence electrons. The molecular formula is C17H25N5O2. The van der Waals surface area contributed by atoms with E-state index < -0.39 is 0 Å². The molecule has 24 heavy (non-hydrogen) atoms. The van der Waals surface area contributed by atoms with E-state index in [-0.39, 0.29) is 11.8 Å². The van der Waals surface area contributed by atoms with E-state index in [0.29, 0.717) is 37.8 Å². The summed E-state index contributed by atoms with van der Waals surface area (Å²) in [5.74, 6) is 1.46. The molecule has 1 aromatic heterocycles. The molecule has 0 saturated carbocycles. The Kier molecular flexibility index (Phi) is 4.97. The minimum Gasteiger partial charge on any atom is -0.355 e. The van der Waals surface area contributed by atoms with Crippen LogP contribution in [0.4, 0.5) is 5.82 Å². The van der Waals surface area contributed by atoms with Gasteiger partial charge in [0, 0.05) is 46.2 Å². The first-order chi connectivity index (χ1) is 11.5. The number of carbonyl (C=O) groups excluding carboxylic acids is 2. The molecule has 0 spiro atoms. The van der Waals surface area contributed by atoms with Gasteiger partial charge in [-0.05, 0) is 30.9 Å². The van der Waals surface area contributed by atoms with Crippen LogP contribution < -0.4 is 4.90 Å². The monoisotopic (exact) mass is 331 g/mol. The Bertz CT molecular complexity index is 596. The lowest BCUT2D eigenvalue weighted by molar-refractivity contribution is -0.130. The maximum atomic E-state index is 12.5. The van der Waals surface area contributed by atoms with Crippen LogP contribution in [0.25, 0.3) is 0 Å². The highest BCUT2D eigenvalue weighted by atomic mass is 16.2. The van der Waals surface area contributed by atoms with Gasteiger partial charge in [-0.25, -0.2) is 0 Å². The van der Waals surface area contributed by atoms with E-state index in [1.807, 2.05) is 6.07 Å². The van der Waals surface area contributed by atoms with Gasteiger partial charge in [0.2, 0.25) is 5.91 Å². The maximum Gasteiger partial charge on any atom is 0.274 e. The highest BCUT2D eigenvalue weighted by Crippen LogP contribution is 2.20. The molecule has 2 fully saturated rings. The van der Waals surface area contributed by atoms with Crippen molar-refractivity contribution in [2.75, 3.05) is 44.2 Å². The SMILES string of the molecule is CC(=O)N1CCN(C(=O)c2ccc(N3CCCC(C)C3)nn2)CC1. The molecule has 2 saturated heterocycles. The van der Waals surface area contributed by atoms with Crippen molar-refractivity contribution in [2.45, 2.75) is 26.7 Å². The molecule has 2 amide bonds. The summed E-state index contributed by atoms with van der Waals surface area (Å²) in [5, 5.41) is 8.40. The standard InChI is InChI=1S/C17H25N5O2/c1-13-4-3-7-22(12-13)16-6-5-15(18-19-16)17(24)21-10-8-20(9-11-21)14(2)23/h5-6,13H,3-4,7-12H2,1-2H3. The second-order valence-electron chi connectivity index (χ2n) is 6.77. The van der Waals surface area contributed by atoms with Crippen LogP contribution in [-0.2, 0) is 4.79 Å². The molecule has 0 aromatic carbocycles. The van der Waals surface area contributed by atoms with Gasteiger partial charge >= 0.3 is 0 Å². The molecule has 1 atom stereocenters. The zero-order valence-corrected chi connectivity index (χ0v) is 14.4. The Morgan fingerprint density at radius 2 is 1.75 bits per heavy atom. The van der Waals surface area contributed by atoms with Crippen LogP contribution >= 0.6 is 0 Å². The molecule has 0 radical (unpaired) electrons. The van der Waals surface area contributed by atoms with Crippen molar-refractivity contribution in [1.82, 2.24) is 20.0 Å². The van der Waals surface area contributed by atoms with E-state index >= 15 is 0 Å². The van der Waals surface area contributed by atoms with Crippen molar-refractivity contribution in [2.24, 2.45) is 5.92 Å². The summed E-state index contributed by atoms with van der Waals surface area (Å²) in [5.41, 5.74) is 0.375. The first kappa shape index (κ1) is 16.7. The number of rotatable bonds is 2. The first-order valence-electron chi connectivity index (χ1n) is 8.68. The number of amides is 2. The highest BCUT2D eigenvalue weighted by Gasteiger charge is 2.25. The number of anilines is 1. The number of piperidine rings is 1. The summed E-state index contributed by atoms with van der Waals surface area (Å²) in [6.45, 7) is 8.06. The van der Waals surface area contributed by atoms with Crippen LogP contribution in [0.1, 0.15) is 37.2 Å². The Morgan fingerprint density at radius 1 is 1.04 bits per heavy atom. The number of nitrogens with zero attached hydrogens (tertiary/aromatic N) is 5. The van der Waals surface area contributed by atoms with Gasteiger partial charge in [0.15, 0.2) is 11.5 Å². The minimum atomic E-state index is -0.107. The van der Waals surface area contributed by atoms with E-state index in [9.17, 15) is 9.59 Å². The molecule has 7 nitrogen and oxygen atoms in total. The predicted octanol–water partition coefficient (Wildman–Crippen LogP) is 1.02. The predicted molar refractivity (Wildman–Crippen MR) is 90.8 cm³/mol. The molecule has 2 aliphatic rings. The van der Waals surface area contributed by atoms with E-state index in [0.717, 1.165) is 18.9 Å². The van der Waals surface area contributed by atoms with Gasteiger partial charge in [0.1, 0.15) is 0 Å². The smallest absolute Gasteiger partial charge is 0.274 e. The van der Waals surface area contributed by atoms with Gasteiger partial charge in [0.05, 0.1) is 0 Å².